The number of rotatable bonds is 3. The van der Waals surface area contributed by atoms with Crippen molar-refractivity contribution in [2.75, 3.05) is 13.1 Å². The van der Waals surface area contributed by atoms with E-state index < -0.39 is 5.60 Å². The third kappa shape index (κ3) is 3.08. The van der Waals surface area contributed by atoms with Crippen LogP contribution in [0.4, 0.5) is 0 Å². The Labute approximate surface area is 149 Å². The second kappa shape index (κ2) is 6.49. The number of nitrogens with zero attached hydrogens (tertiary/aromatic N) is 2. The summed E-state index contributed by atoms with van der Waals surface area (Å²) in [7, 11) is 0. The number of hydrogen-bond acceptors (Lipinski definition) is 2. The molecule has 1 aromatic heterocycles. The van der Waals surface area contributed by atoms with Gasteiger partial charge in [0.15, 0.2) is 0 Å². The van der Waals surface area contributed by atoms with Gasteiger partial charge >= 0.3 is 0 Å². The van der Waals surface area contributed by atoms with Gasteiger partial charge in [-0.15, -0.1) is 0 Å². The van der Waals surface area contributed by atoms with Gasteiger partial charge in [-0.05, 0) is 43.9 Å². The quantitative estimate of drug-likeness (QED) is 0.929. The minimum Gasteiger partial charge on any atom is -0.389 e. The van der Waals surface area contributed by atoms with Gasteiger partial charge in [-0.25, -0.2) is 0 Å². The van der Waals surface area contributed by atoms with Crippen molar-refractivity contribution in [2.24, 2.45) is 5.92 Å². The predicted molar refractivity (Wildman–Crippen MR) is 99.4 cm³/mol. The molecule has 4 heteroatoms. The Morgan fingerprint density at radius 2 is 2.16 bits per heavy atom. The number of hydrogen-bond donors (Lipinski definition) is 1. The van der Waals surface area contributed by atoms with Gasteiger partial charge in [0.2, 0.25) is 5.91 Å². The molecule has 2 atom stereocenters. The molecule has 1 saturated carbocycles. The van der Waals surface area contributed by atoms with Gasteiger partial charge in [0.05, 0.1) is 5.60 Å². The van der Waals surface area contributed by atoms with Crippen molar-refractivity contribution < 1.29 is 9.90 Å². The second-order valence-electron chi connectivity index (χ2n) is 7.90. The summed E-state index contributed by atoms with van der Waals surface area (Å²) >= 11 is 0. The average Bonchev–Trinajstić information content (AvgIpc) is 3.03. The lowest BCUT2D eigenvalue weighted by Crippen LogP contribution is -2.54. The molecule has 1 amide bonds. The van der Waals surface area contributed by atoms with E-state index in [1.807, 2.05) is 4.90 Å². The second-order valence-corrected chi connectivity index (χ2v) is 7.90. The number of amides is 1. The van der Waals surface area contributed by atoms with Crippen LogP contribution in [0, 0.1) is 12.8 Å². The molecule has 0 spiro atoms. The van der Waals surface area contributed by atoms with Crippen LogP contribution in [0.15, 0.2) is 30.5 Å². The molecule has 0 unspecified atom stereocenters. The van der Waals surface area contributed by atoms with Crippen LogP contribution in [0.5, 0.6) is 0 Å². The Kier molecular flexibility index (Phi) is 4.32. The van der Waals surface area contributed by atoms with Crippen LogP contribution in [-0.4, -0.2) is 39.2 Å². The van der Waals surface area contributed by atoms with Gasteiger partial charge in [0.25, 0.3) is 0 Å². The number of aromatic nitrogens is 1. The van der Waals surface area contributed by atoms with Crippen LogP contribution in [0.3, 0.4) is 0 Å². The maximum absolute atomic E-state index is 12.7. The highest BCUT2D eigenvalue weighted by Crippen LogP contribution is 2.39. The monoisotopic (exact) mass is 340 g/mol. The summed E-state index contributed by atoms with van der Waals surface area (Å²) in [4.78, 5) is 14.7. The lowest BCUT2D eigenvalue weighted by atomic mass is 9.71. The molecule has 4 nitrogen and oxygen atoms in total. The van der Waals surface area contributed by atoms with E-state index in [1.54, 1.807) is 0 Å². The van der Waals surface area contributed by atoms with Crippen LogP contribution >= 0.6 is 0 Å². The first-order valence-corrected chi connectivity index (χ1v) is 9.61. The normalized spacial score (nSPS) is 26.6. The number of piperidine rings is 1. The number of aryl methyl sites for hydroxylation is 2. The Morgan fingerprint density at radius 3 is 3.04 bits per heavy atom. The molecule has 2 aromatic rings. The zero-order valence-electron chi connectivity index (χ0n) is 15.1. The van der Waals surface area contributed by atoms with Crippen molar-refractivity contribution in [1.29, 1.82) is 0 Å². The van der Waals surface area contributed by atoms with Crippen LogP contribution in [0.2, 0.25) is 0 Å². The Morgan fingerprint density at radius 1 is 1.28 bits per heavy atom. The summed E-state index contributed by atoms with van der Waals surface area (Å²) < 4.78 is 2.18. The maximum atomic E-state index is 12.7. The Hall–Kier alpha value is -1.81. The van der Waals surface area contributed by atoms with Gasteiger partial charge < -0.3 is 14.6 Å². The summed E-state index contributed by atoms with van der Waals surface area (Å²) in [6.45, 7) is 4.28. The summed E-state index contributed by atoms with van der Waals surface area (Å²) in [5.41, 5.74) is 1.96. The summed E-state index contributed by atoms with van der Waals surface area (Å²) in [5, 5.41) is 12.0. The zero-order chi connectivity index (χ0) is 17.4. The first-order chi connectivity index (χ1) is 12.1. The molecule has 0 radical (unpaired) electrons. The largest absolute Gasteiger partial charge is 0.389 e. The number of fused-ring (bicyclic) bond motifs is 2. The standard InChI is InChI=1S/C21H28N2O2/c1-16-5-4-7-19-18(16)8-12-22(19)13-9-20(24)23-14-11-21(25)10-3-2-6-17(21)15-23/h4-5,7-8,12,17,25H,2-3,6,9-11,13-15H2,1H3/t17-,21-/m1/s1. The lowest BCUT2D eigenvalue weighted by molar-refractivity contribution is -0.143. The number of benzene rings is 1. The zero-order valence-corrected chi connectivity index (χ0v) is 15.1. The highest BCUT2D eigenvalue weighted by Gasteiger charge is 2.43. The van der Waals surface area contributed by atoms with E-state index in [0.29, 0.717) is 13.0 Å². The molecule has 25 heavy (non-hydrogen) atoms. The molecular formula is C21H28N2O2. The first kappa shape index (κ1) is 16.6. The van der Waals surface area contributed by atoms with E-state index in [9.17, 15) is 9.90 Å². The van der Waals surface area contributed by atoms with E-state index in [1.165, 1.54) is 22.9 Å². The van der Waals surface area contributed by atoms with Crippen molar-refractivity contribution in [3.8, 4) is 0 Å². The van der Waals surface area contributed by atoms with Gasteiger partial charge in [-0.2, -0.15) is 0 Å². The summed E-state index contributed by atoms with van der Waals surface area (Å²) in [6, 6.07) is 8.45. The van der Waals surface area contributed by atoms with Crippen LogP contribution in [-0.2, 0) is 11.3 Å². The molecule has 1 saturated heterocycles. The fourth-order valence-electron chi connectivity index (χ4n) is 4.74. The third-order valence-electron chi connectivity index (χ3n) is 6.38. The lowest BCUT2D eigenvalue weighted by Gasteiger charge is -2.47. The van der Waals surface area contributed by atoms with Crippen LogP contribution in [0.25, 0.3) is 10.9 Å². The molecule has 134 valence electrons. The van der Waals surface area contributed by atoms with E-state index in [2.05, 4.69) is 42.0 Å². The molecule has 2 fully saturated rings. The summed E-state index contributed by atoms with van der Waals surface area (Å²) in [5.74, 6) is 0.496. The third-order valence-corrected chi connectivity index (χ3v) is 6.38. The Bertz CT molecular complexity index is 781. The van der Waals surface area contributed by atoms with Gasteiger partial charge in [0, 0.05) is 49.1 Å². The molecule has 4 rings (SSSR count). The van der Waals surface area contributed by atoms with Gasteiger partial charge in [0.1, 0.15) is 0 Å². The first-order valence-electron chi connectivity index (χ1n) is 9.61. The number of likely N-dealkylation sites (tertiary alicyclic amines) is 1. The highest BCUT2D eigenvalue weighted by molar-refractivity contribution is 5.83. The topological polar surface area (TPSA) is 45.5 Å². The minimum absolute atomic E-state index is 0.224. The molecule has 1 aromatic carbocycles. The molecule has 0 bridgehead atoms. The van der Waals surface area contributed by atoms with Crippen molar-refractivity contribution in [2.45, 2.75) is 57.6 Å². The van der Waals surface area contributed by atoms with Gasteiger partial charge in [-0.1, -0.05) is 25.0 Å². The molecular weight excluding hydrogens is 312 g/mol. The molecule has 1 aliphatic heterocycles. The molecule has 2 heterocycles. The smallest absolute Gasteiger partial charge is 0.224 e. The van der Waals surface area contributed by atoms with Gasteiger partial charge in [-0.3, -0.25) is 4.79 Å². The Balaban J connectivity index is 1.40. The molecule has 1 N–H and O–H groups in total. The van der Waals surface area contributed by atoms with Crippen molar-refractivity contribution >= 4 is 16.8 Å². The number of aliphatic hydroxyl groups is 1. The van der Waals surface area contributed by atoms with E-state index in [-0.39, 0.29) is 11.8 Å². The van der Waals surface area contributed by atoms with Crippen molar-refractivity contribution in [3.05, 3.63) is 36.0 Å². The van der Waals surface area contributed by atoms with Crippen molar-refractivity contribution in [3.63, 3.8) is 0 Å². The fourth-order valence-corrected chi connectivity index (χ4v) is 4.74. The molecule has 2 aliphatic rings. The van der Waals surface area contributed by atoms with Crippen molar-refractivity contribution in [1.82, 2.24) is 9.47 Å². The van der Waals surface area contributed by atoms with E-state index in [4.69, 9.17) is 0 Å². The maximum Gasteiger partial charge on any atom is 0.224 e. The minimum atomic E-state index is -0.511. The number of carbonyl (C=O) groups excluding carboxylic acids is 1. The van der Waals surface area contributed by atoms with Crippen LogP contribution in [0.1, 0.15) is 44.1 Å². The fraction of sp³-hybridized carbons (Fsp3) is 0.571. The molecule has 1 aliphatic carbocycles. The van der Waals surface area contributed by atoms with Crippen LogP contribution < -0.4 is 0 Å². The highest BCUT2D eigenvalue weighted by atomic mass is 16.3. The van der Waals surface area contributed by atoms with E-state index >= 15 is 0 Å². The van der Waals surface area contributed by atoms with E-state index in [0.717, 1.165) is 38.8 Å². The summed E-state index contributed by atoms with van der Waals surface area (Å²) in [6.07, 6.45) is 7.64. The average molecular weight is 340 g/mol. The number of carbonyl (C=O) groups is 1. The SMILES string of the molecule is Cc1cccc2c1ccn2CCC(=O)N1CC[C@]2(O)CCCC[C@@H]2C1. The predicted octanol–water partition coefficient (Wildman–Crippen LogP) is 3.49.